The summed E-state index contributed by atoms with van der Waals surface area (Å²) in [4.78, 5) is 2.71. The van der Waals surface area contributed by atoms with Crippen LogP contribution < -0.4 is 10.6 Å². The summed E-state index contributed by atoms with van der Waals surface area (Å²) in [6, 6.07) is 7.76. The van der Waals surface area contributed by atoms with Gasteiger partial charge >= 0.3 is 0 Å². The molecule has 1 unspecified atom stereocenters. The summed E-state index contributed by atoms with van der Waals surface area (Å²) in [5, 5.41) is 0. The minimum Gasteiger partial charge on any atom is -0.368 e. The standard InChI is InChI=1S/C18H28N2/c1-14-13-15(10-11-19)8-9-17(14)20-12-4-7-18(20)16-5-2-3-6-16/h8-9,13,16,18H,2-7,10-12,19H2,1H3. The van der Waals surface area contributed by atoms with E-state index in [0.29, 0.717) is 0 Å². The third kappa shape index (κ3) is 2.71. The summed E-state index contributed by atoms with van der Waals surface area (Å²) in [5.74, 6) is 0.945. The molecule has 1 heterocycles. The number of nitrogens with two attached hydrogens (primary N) is 1. The first kappa shape index (κ1) is 13.9. The van der Waals surface area contributed by atoms with Crippen LogP contribution in [-0.2, 0) is 6.42 Å². The van der Waals surface area contributed by atoms with Crippen LogP contribution in [0.25, 0.3) is 0 Å². The van der Waals surface area contributed by atoms with Crippen LogP contribution in [0.2, 0.25) is 0 Å². The number of hydrogen-bond acceptors (Lipinski definition) is 2. The van der Waals surface area contributed by atoms with Gasteiger partial charge in [0.05, 0.1) is 0 Å². The van der Waals surface area contributed by atoms with Gasteiger partial charge in [-0.25, -0.2) is 0 Å². The molecule has 2 heteroatoms. The SMILES string of the molecule is Cc1cc(CCN)ccc1N1CCCC1C1CCCC1. The molecule has 0 spiro atoms. The van der Waals surface area contributed by atoms with Crippen molar-refractivity contribution in [3.8, 4) is 0 Å². The quantitative estimate of drug-likeness (QED) is 0.906. The topological polar surface area (TPSA) is 29.3 Å². The summed E-state index contributed by atoms with van der Waals surface area (Å²) in [6.07, 6.45) is 9.55. The molecule has 1 atom stereocenters. The monoisotopic (exact) mass is 272 g/mol. The van der Waals surface area contributed by atoms with Crippen molar-refractivity contribution in [2.75, 3.05) is 18.0 Å². The van der Waals surface area contributed by atoms with E-state index in [0.717, 1.165) is 24.9 Å². The van der Waals surface area contributed by atoms with E-state index in [-0.39, 0.29) is 0 Å². The third-order valence-corrected chi connectivity index (χ3v) is 5.25. The molecule has 3 rings (SSSR count). The van der Waals surface area contributed by atoms with Crippen LogP contribution >= 0.6 is 0 Å². The summed E-state index contributed by atoms with van der Waals surface area (Å²) in [7, 11) is 0. The lowest BCUT2D eigenvalue weighted by Gasteiger charge is -2.32. The van der Waals surface area contributed by atoms with E-state index in [9.17, 15) is 0 Å². The normalized spacial score (nSPS) is 23.7. The van der Waals surface area contributed by atoms with E-state index in [4.69, 9.17) is 5.73 Å². The molecule has 1 aliphatic heterocycles. The predicted molar refractivity (Wildman–Crippen MR) is 86.3 cm³/mol. The Kier molecular flexibility index (Phi) is 4.30. The number of benzene rings is 1. The molecule has 110 valence electrons. The van der Waals surface area contributed by atoms with E-state index in [1.54, 1.807) is 0 Å². The van der Waals surface area contributed by atoms with Crippen molar-refractivity contribution in [3.63, 3.8) is 0 Å². The van der Waals surface area contributed by atoms with Crippen molar-refractivity contribution >= 4 is 5.69 Å². The van der Waals surface area contributed by atoms with Crippen molar-refractivity contribution in [2.45, 2.75) is 57.9 Å². The fourth-order valence-electron chi connectivity index (χ4n) is 4.29. The maximum absolute atomic E-state index is 5.67. The largest absolute Gasteiger partial charge is 0.368 e. The Hall–Kier alpha value is -1.02. The fourth-order valence-corrected chi connectivity index (χ4v) is 4.29. The molecule has 0 bridgehead atoms. The van der Waals surface area contributed by atoms with Crippen LogP contribution in [0.5, 0.6) is 0 Å². The Morgan fingerprint density at radius 2 is 1.95 bits per heavy atom. The molecule has 2 aliphatic rings. The molecule has 0 amide bonds. The van der Waals surface area contributed by atoms with E-state index < -0.39 is 0 Å². The Morgan fingerprint density at radius 3 is 2.65 bits per heavy atom. The molecule has 1 aliphatic carbocycles. The van der Waals surface area contributed by atoms with Crippen LogP contribution in [0, 0.1) is 12.8 Å². The molecule has 1 aromatic rings. The lowest BCUT2D eigenvalue weighted by Crippen LogP contribution is -2.35. The van der Waals surface area contributed by atoms with Gasteiger partial charge in [0.15, 0.2) is 0 Å². The zero-order valence-corrected chi connectivity index (χ0v) is 12.8. The summed E-state index contributed by atoms with van der Waals surface area (Å²) in [5.41, 5.74) is 9.95. The van der Waals surface area contributed by atoms with Gasteiger partial charge in [0.2, 0.25) is 0 Å². The molecule has 2 nitrogen and oxygen atoms in total. The molecular formula is C18H28N2. The van der Waals surface area contributed by atoms with E-state index in [2.05, 4.69) is 30.0 Å². The van der Waals surface area contributed by atoms with Crippen LogP contribution in [-0.4, -0.2) is 19.1 Å². The van der Waals surface area contributed by atoms with Gasteiger partial charge in [-0.15, -0.1) is 0 Å². The van der Waals surface area contributed by atoms with Gasteiger partial charge in [0.25, 0.3) is 0 Å². The average Bonchev–Trinajstić information content (AvgIpc) is 3.10. The van der Waals surface area contributed by atoms with Crippen molar-refractivity contribution < 1.29 is 0 Å². The van der Waals surface area contributed by atoms with Gasteiger partial charge in [-0.2, -0.15) is 0 Å². The molecule has 2 N–H and O–H groups in total. The third-order valence-electron chi connectivity index (χ3n) is 5.25. The highest BCUT2D eigenvalue weighted by atomic mass is 15.2. The molecule has 0 radical (unpaired) electrons. The van der Waals surface area contributed by atoms with E-state index >= 15 is 0 Å². The zero-order valence-electron chi connectivity index (χ0n) is 12.8. The van der Waals surface area contributed by atoms with Gasteiger partial charge < -0.3 is 10.6 Å². The Bertz CT molecular complexity index is 449. The predicted octanol–water partition coefficient (Wildman–Crippen LogP) is 3.66. The summed E-state index contributed by atoms with van der Waals surface area (Å²) in [6.45, 7) is 4.25. The van der Waals surface area contributed by atoms with E-state index in [1.807, 2.05) is 0 Å². The highest BCUT2D eigenvalue weighted by Gasteiger charge is 2.33. The second-order valence-corrected chi connectivity index (χ2v) is 6.61. The maximum Gasteiger partial charge on any atom is 0.0398 e. The maximum atomic E-state index is 5.67. The van der Waals surface area contributed by atoms with Crippen LogP contribution in [0.4, 0.5) is 5.69 Å². The average molecular weight is 272 g/mol. The lowest BCUT2D eigenvalue weighted by molar-refractivity contribution is 0.430. The number of hydrogen-bond donors (Lipinski definition) is 1. The lowest BCUT2D eigenvalue weighted by atomic mass is 9.95. The van der Waals surface area contributed by atoms with Gasteiger partial charge in [-0.1, -0.05) is 25.0 Å². The van der Waals surface area contributed by atoms with E-state index in [1.165, 1.54) is 61.9 Å². The van der Waals surface area contributed by atoms with Crippen molar-refractivity contribution in [1.82, 2.24) is 0 Å². The molecule has 20 heavy (non-hydrogen) atoms. The van der Waals surface area contributed by atoms with Gasteiger partial charge in [0.1, 0.15) is 0 Å². The van der Waals surface area contributed by atoms with Crippen molar-refractivity contribution in [3.05, 3.63) is 29.3 Å². The van der Waals surface area contributed by atoms with Crippen LogP contribution in [0.1, 0.15) is 49.7 Å². The van der Waals surface area contributed by atoms with Gasteiger partial charge in [-0.3, -0.25) is 0 Å². The van der Waals surface area contributed by atoms with Crippen molar-refractivity contribution in [1.29, 1.82) is 0 Å². The zero-order chi connectivity index (χ0) is 13.9. The number of nitrogens with zero attached hydrogens (tertiary/aromatic N) is 1. The first-order valence-electron chi connectivity index (χ1n) is 8.36. The molecule has 1 saturated carbocycles. The summed E-state index contributed by atoms with van der Waals surface area (Å²) >= 11 is 0. The van der Waals surface area contributed by atoms with Gasteiger partial charge in [-0.05, 0) is 68.7 Å². The second kappa shape index (κ2) is 6.17. The molecule has 1 aromatic carbocycles. The first-order valence-corrected chi connectivity index (χ1v) is 8.36. The minimum atomic E-state index is 0.743. The minimum absolute atomic E-state index is 0.743. The Labute approximate surface area is 123 Å². The highest BCUT2D eigenvalue weighted by Crippen LogP contribution is 2.38. The van der Waals surface area contributed by atoms with Crippen LogP contribution in [0.15, 0.2) is 18.2 Å². The number of aryl methyl sites for hydroxylation is 1. The number of anilines is 1. The molecule has 0 aromatic heterocycles. The first-order chi connectivity index (χ1) is 9.79. The Balaban J connectivity index is 1.80. The second-order valence-electron chi connectivity index (χ2n) is 6.61. The Morgan fingerprint density at radius 1 is 1.15 bits per heavy atom. The number of rotatable bonds is 4. The summed E-state index contributed by atoms with van der Waals surface area (Å²) < 4.78 is 0. The molecule has 2 fully saturated rings. The molecular weight excluding hydrogens is 244 g/mol. The van der Waals surface area contributed by atoms with Crippen molar-refractivity contribution in [2.24, 2.45) is 11.7 Å². The fraction of sp³-hybridized carbons (Fsp3) is 0.667. The van der Waals surface area contributed by atoms with Gasteiger partial charge in [0, 0.05) is 18.3 Å². The highest BCUT2D eigenvalue weighted by molar-refractivity contribution is 5.56. The molecule has 1 saturated heterocycles. The van der Waals surface area contributed by atoms with Crippen LogP contribution in [0.3, 0.4) is 0 Å². The smallest absolute Gasteiger partial charge is 0.0398 e.